The van der Waals surface area contributed by atoms with Crippen molar-refractivity contribution in [1.82, 2.24) is 10.6 Å². The molecule has 1 heterocycles. The van der Waals surface area contributed by atoms with E-state index in [1.54, 1.807) is 26.0 Å². The molecule has 20 heavy (non-hydrogen) atoms. The van der Waals surface area contributed by atoms with Gasteiger partial charge in [-0.3, -0.25) is 0 Å². The summed E-state index contributed by atoms with van der Waals surface area (Å²) < 4.78 is 18.4. The number of rotatable bonds is 3. The maximum Gasteiger partial charge on any atom is 0.338 e. The second kappa shape index (κ2) is 6.00. The van der Waals surface area contributed by atoms with E-state index in [0.29, 0.717) is 21.9 Å². The monoisotopic (exact) mass is 294 g/mol. The van der Waals surface area contributed by atoms with Gasteiger partial charge in [-0.2, -0.15) is 0 Å². The molecule has 0 aromatic heterocycles. The maximum absolute atomic E-state index is 13.4. The second-order valence-electron chi connectivity index (χ2n) is 4.35. The number of benzene rings is 1. The number of hydrogen-bond acceptors (Lipinski definition) is 3. The van der Waals surface area contributed by atoms with E-state index >= 15 is 0 Å². The molecular formula is C14H15FN2O2S. The van der Waals surface area contributed by atoms with Crippen LogP contribution in [0.3, 0.4) is 0 Å². The molecule has 0 radical (unpaired) electrons. The number of carbonyl (C=O) groups excluding carboxylic acids is 1. The summed E-state index contributed by atoms with van der Waals surface area (Å²) in [6, 6.07) is 5.54. The summed E-state index contributed by atoms with van der Waals surface area (Å²) in [6.45, 7) is 3.75. The van der Waals surface area contributed by atoms with Gasteiger partial charge in [0.05, 0.1) is 18.2 Å². The van der Waals surface area contributed by atoms with Crippen LogP contribution in [0.5, 0.6) is 0 Å². The molecule has 2 N–H and O–H groups in total. The zero-order valence-corrected chi connectivity index (χ0v) is 12.0. The van der Waals surface area contributed by atoms with Crippen molar-refractivity contribution >= 4 is 23.3 Å². The Morgan fingerprint density at radius 1 is 1.50 bits per heavy atom. The normalized spacial score (nSPS) is 18.4. The number of allylic oxidation sites excluding steroid dienone is 1. The Hall–Kier alpha value is -1.95. The highest BCUT2D eigenvalue weighted by molar-refractivity contribution is 7.80. The van der Waals surface area contributed by atoms with Crippen molar-refractivity contribution in [2.24, 2.45) is 0 Å². The predicted molar refractivity (Wildman–Crippen MR) is 77.3 cm³/mol. The molecule has 4 nitrogen and oxygen atoms in total. The summed E-state index contributed by atoms with van der Waals surface area (Å²) in [6.07, 6.45) is 0. The van der Waals surface area contributed by atoms with Gasteiger partial charge in [0.25, 0.3) is 0 Å². The Morgan fingerprint density at radius 2 is 2.25 bits per heavy atom. The van der Waals surface area contributed by atoms with E-state index in [0.717, 1.165) is 0 Å². The summed E-state index contributed by atoms with van der Waals surface area (Å²) in [5.74, 6) is -0.809. The molecule has 0 bridgehead atoms. The molecule has 0 amide bonds. The first kappa shape index (κ1) is 14.5. The topological polar surface area (TPSA) is 50.4 Å². The molecule has 1 aromatic rings. The van der Waals surface area contributed by atoms with E-state index < -0.39 is 12.0 Å². The lowest BCUT2D eigenvalue weighted by Gasteiger charge is -2.29. The highest BCUT2D eigenvalue weighted by atomic mass is 32.1. The van der Waals surface area contributed by atoms with Crippen molar-refractivity contribution in [3.63, 3.8) is 0 Å². The summed E-state index contributed by atoms with van der Waals surface area (Å²) in [7, 11) is 0. The van der Waals surface area contributed by atoms with Crippen LogP contribution >= 0.6 is 12.2 Å². The standard InChI is InChI=1S/C14H15FN2O2S/c1-3-19-13(18)11-8(2)16-14(20)17-12(11)9-5-4-6-10(15)7-9/h4-7,12H,3H2,1-2H3,(H2,16,17,20). The van der Waals surface area contributed by atoms with Crippen LogP contribution < -0.4 is 10.6 Å². The fraction of sp³-hybridized carbons (Fsp3) is 0.286. The Bertz CT molecular complexity index is 586. The first-order chi connectivity index (χ1) is 9.52. The van der Waals surface area contributed by atoms with Gasteiger partial charge in [-0.25, -0.2) is 9.18 Å². The molecule has 0 saturated carbocycles. The minimum Gasteiger partial charge on any atom is -0.463 e. The van der Waals surface area contributed by atoms with E-state index in [1.165, 1.54) is 12.1 Å². The van der Waals surface area contributed by atoms with Gasteiger partial charge in [0.2, 0.25) is 0 Å². The lowest BCUT2D eigenvalue weighted by Crippen LogP contribution is -2.45. The SMILES string of the molecule is CCOC(=O)C1=C(C)NC(=S)NC1c1cccc(F)c1. The maximum atomic E-state index is 13.4. The Balaban J connectivity index is 2.44. The van der Waals surface area contributed by atoms with Gasteiger partial charge in [0.15, 0.2) is 5.11 Å². The van der Waals surface area contributed by atoms with E-state index in [9.17, 15) is 9.18 Å². The third kappa shape index (κ3) is 2.96. The molecule has 1 aliphatic heterocycles. The van der Waals surface area contributed by atoms with Crippen molar-refractivity contribution in [2.75, 3.05) is 6.61 Å². The van der Waals surface area contributed by atoms with Crippen LogP contribution in [0.1, 0.15) is 25.5 Å². The van der Waals surface area contributed by atoms with Crippen LogP contribution in [-0.4, -0.2) is 17.7 Å². The van der Waals surface area contributed by atoms with Crippen LogP contribution in [-0.2, 0) is 9.53 Å². The van der Waals surface area contributed by atoms with Gasteiger partial charge < -0.3 is 15.4 Å². The summed E-state index contributed by atoms with van der Waals surface area (Å²) in [5.41, 5.74) is 1.64. The molecule has 6 heteroatoms. The molecular weight excluding hydrogens is 279 g/mol. The number of hydrogen-bond donors (Lipinski definition) is 2. The molecule has 1 aliphatic rings. The molecule has 2 rings (SSSR count). The van der Waals surface area contributed by atoms with Gasteiger partial charge in [0.1, 0.15) is 5.82 Å². The second-order valence-corrected chi connectivity index (χ2v) is 4.75. The van der Waals surface area contributed by atoms with Crippen LogP contribution in [0.25, 0.3) is 0 Å². The molecule has 1 unspecified atom stereocenters. The average molecular weight is 294 g/mol. The number of esters is 1. The molecule has 106 valence electrons. The highest BCUT2D eigenvalue weighted by Gasteiger charge is 2.30. The highest BCUT2D eigenvalue weighted by Crippen LogP contribution is 2.27. The van der Waals surface area contributed by atoms with Crippen molar-refractivity contribution in [1.29, 1.82) is 0 Å². The molecule has 0 fully saturated rings. The lowest BCUT2D eigenvalue weighted by atomic mass is 9.95. The Kier molecular flexibility index (Phi) is 4.34. The number of halogens is 1. The third-order valence-corrected chi connectivity index (χ3v) is 3.17. The fourth-order valence-electron chi connectivity index (χ4n) is 2.11. The van der Waals surface area contributed by atoms with Gasteiger partial charge in [-0.1, -0.05) is 12.1 Å². The molecule has 0 saturated heterocycles. The van der Waals surface area contributed by atoms with Gasteiger partial charge >= 0.3 is 5.97 Å². The molecule has 1 aromatic carbocycles. The number of thiocarbonyl (C=S) groups is 1. The van der Waals surface area contributed by atoms with Crippen LogP contribution in [0, 0.1) is 5.82 Å². The molecule has 1 atom stereocenters. The van der Waals surface area contributed by atoms with Crippen molar-refractivity contribution in [2.45, 2.75) is 19.9 Å². The van der Waals surface area contributed by atoms with Crippen LogP contribution in [0.2, 0.25) is 0 Å². The van der Waals surface area contributed by atoms with E-state index in [1.807, 2.05) is 0 Å². The van der Waals surface area contributed by atoms with Gasteiger partial charge in [-0.05, 0) is 43.8 Å². The molecule has 0 spiro atoms. The number of carbonyl (C=O) groups is 1. The number of ether oxygens (including phenoxy) is 1. The average Bonchev–Trinajstić information content (AvgIpc) is 2.37. The lowest BCUT2D eigenvalue weighted by molar-refractivity contribution is -0.139. The summed E-state index contributed by atoms with van der Waals surface area (Å²) in [4.78, 5) is 12.1. The zero-order chi connectivity index (χ0) is 14.7. The van der Waals surface area contributed by atoms with Gasteiger partial charge in [-0.15, -0.1) is 0 Å². The van der Waals surface area contributed by atoms with E-state index in [-0.39, 0.29) is 12.4 Å². The predicted octanol–water partition coefficient (Wildman–Crippen LogP) is 2.18. The summed E-state index contributed by atoms with van der Waals surface area (Å²) in [5, 5.41) is 6.26. The Labute approximate surface area is 122 Å². The van der Waals surface area contributed by atoms with Crippen molar-refractivity contribution in [3.05, 3.63) is 46.9 Å². The van der Waals surface area contributed by atoms with E-state index in [4.69, 9.17) is 17.0 Å². The van der Waals surface area contributed by atoms with Gasteiger partial charge in [0, 0.05) is 5.70 Å². The minimum absolute atomic E-state index is 0.274. The summed E-state index contributed by atoms with van der Waals surface area (Å²) >= 11 is 5.09. The Morgan fingerprint density at radius 3 is 2.90 bits per heavy atom. The smallest absolute Gasteiger partial charge is 0.338 e. The third-order valence-electron chi connectivity index (χ3n) is 2.95. The quantitative estimate of drug-likeness (QED) is 0.661. The first-order valence-electron chi connectivity index (χ1n) is 6.23. The van der Waals surface area contributed by atoms with Crippen molar-refractivity contribution in [3.8, 4) is 0 Å². The minimum atomic E-state index is -0.515. The largest absolute Gasteiger partial charge is 0.463 e. The first-order valence-corrected chi connectivity index (χ1v) is 6.64. The number of nitrogens with one attached hydrogen (secondary N) is 2. The van der Waals surface area contributed by atoms with Crippen LogP contribution in [0.15, 0.2) is 35.5 Å². The molecule has 0 aliphatic carbocycles. The fourth-order valence-corrected chi connectivity index (χ4v) is 2.38. The van der Waals surface area contributed by atoms with Crippen LogP contribution in [0.4, 0.5) is 4.39 Å². The van der Waals surface area contributed by atoms with E-state index in [2.05, 4.69) is 10.6 Å². The zero-order valence-electron chi connectivity index (χ0n) is 11.2. The van der Waals surface area contributed by atoms with Crippen molar-refractivity contribution < 1.29 is 13.9 Å².